The Morgan fingerprint density at radius 3 is 2.27 bits per heavy atom. The van der Waals surface area contributed by atoms with Gasteiger partial charge in [0.15, 0.2) is 6.61 Å². The second kappa shape index (κ2) is 10.0. The summed E-state index contributed by atoms with van der Waals surface area (Å²) in [5.41, 5.74) is 7.29. The van der Waals surface area contributed by atoms with E-state index in [9.17, 15) is 18.0 Å². The highest BCUT2D eigenvalue weighted by molar-refractivity contribution is 5.81. The second-order valence-electron chi connectivity index (χ2n) is 8.68. The molecule has 1 aliphatic heterocycles. The molecule has 0 aromatic heterocycles. The van der Waals surface area contributed by atoms with Crippen molar-refractivity contribution < 1.29 is 27.2 Å². The van der Waals surface area contributed by atoms with Crippen LogP contribution in [-0.4, -0.2) is 73.9 Å². The molecule has 2 rings (SSSR count). The molecule has 2 unspecified atom stereocenters. The Labute approximate surface area is 177 Å². The molecule has 30 heavy (non-hydrogen) atoms. The molecule has 8 heteroatoms. The van der Waals surface area contributed by atoms with Crippen LogP contribution in [0.1, 0.15) is 32.3 Å². The first-order valence-corrected chi connectivity index (χ1v) is 10.6. The topological polar surface area (TPSA) is 55.6 Å². The van der Waals surface area contributed by atoms with Gasteiger partial charge in [-0.1, -0.05) is 12.1 Å². The molecule has 0 radical (unpaired) electrons. The number of alkyl halides is 3. The fourth-order valence-corrected chi connectivity index (χ4v) is 4.45. The van der Waals surface area contributed by atoms with E-state index in [0.717, 1.165) is 48.9 Å². The molecule has 1 amide bonds. The van der Waals surface area contributed by atoms with Crippen molar-refractivity contribution in [1.82, 2.24) is 4.90 Å². The third-order valence-electron chi connectivity index (χ3n) is 6.55. The van der Waals surface area contributed by atoms with Crippen molar-refractivity contribution in [1.29, 1.82) is 0 Å². The number of nitrogens with two attached hydrogens (primary N) is 1. The number of halogens is 3. The Kier molecular flexibility index (Phi) is 8.16. The number of hydrogen-bond acceptors (Lipinski definition) is 3. The van der Waals surface area contributed by atoms with Gasteiger partial charge >= 0.3 is 6.18 Å². The average molecular weight is 431 g/mol. The molecule has 1 aromatic carbocycles. The molecule has 0 spiro atoms. The zero-order valence-corrected chi connectivity index (χ0v) is 18.4. The van der Waals surface area contributed by atoms with E-state index in [1.165, 1.54) is 0 Å². The van der Waals surface area contributed by atoms with Gasteiger partial charge < -0.3 is 19.9 Å². The van der Waals surface area contributed by atoms with E-state index in [4.69, 9.17) is 10.5 Å². The number of likely N-dealkylation sites (tertiary alicyclic amines) is 1. The molecular formula is C22H35F3N3O2+. The summed E-state index contributed by atoms with van der Waals surface area (Å²) >= 11 is 0. The molecule has 2 atom stereocenters. The van der Waals surface area contributed by atoms with Gasteiger partial charge in [0, 0.05) is 33.4 Å². The maximum Gasteiger partial charge on any atom is 0.422 e. The van der Waals surface area contributed by atoms with E-state index in [1.807, 2.05) is 12.1 Å². The predicted molar refractivity (Wildman–Crippen MR) is 111 cm³/mol. The number of piperidine rings is 1. The summed E-state index contributed by atoms with van der Waals surface area (Å²) in [4.78, 5) is 13.8. The lowest BCUT2D eigenvalue weighted by atomic mass is 9.86. The van der Waals surface area contributed by atoms with Crippen molar-refractivity contribution in [2.45, 2.75) is 51.4 Å². The molecule has 170 valence electrons. The van der Waals surface area contributed by atoms with Gasteiger partial charge in [0.1, 0.15) is 5.75 Å². The number of rotatable bonds is 8. The first-order chi connectivity index (χ1) is 14.0. The number of carbonyl (C=O) groups excluding carboxylic acids is 1. The summed E-state index contributed by atoms with van der Waals surface area (Å²) in [6.07, 6.45) is -1.66. The highest BCUT2D eigenvalue weighted by atomic mass is 19.4. The van der Waals surface area contributed by atoms with Gasteiger partial charge in [0.05, 0.1) is 31.7 Å². The highest BCUT2D eigenvalue weighted by Crippen LogP contribution is 2.30. The van der Waals surface area contributed by atoms with E-state index in [2.05, 4.69) is 13.8 Å². The molecule has 1 saturated heterocycles. The Morgan fingerprint density at radius 1 is 1.23 bits per heavy atom. The van der Waals surface area contributed by atoms with Crippen LogP contribution in [0.5, 0.6) is 5.75 Å². The lowest BCUT2D eigenvalue weighted by molar-refractivity contribution is -0.953. The van der Waals surface area contributed by atoms with Crippen molar-refractivity contribution in [3.8, 4) is 5.75 Å². The van der Waals surface area contributed by atoms with Crippen LogP contribution in [0.2, 0.25) is 0 Å². The average Bonchev–Trinajstić information content (AvgIpc) is 2.71. The van der Waals surface area contributed by atoms with Crippen LogP contribution in [0.25, 0.3) is 0 Å². The smallest absolute Gasteiger partial charge is 0.422 e. The number of ether oxygens (including phenoxy) is 1. The van der Waals surface area contributed by atoms with E-state index in [1.54, 1.807) is 31.1 Å². The fourth-order valence-electron chi connectivity index (χ4n) is 4.45. The minimum atomic E-state index is -4.34. The van der Waals surface area contributed by atoms with Crippen molar-refractivity contribution in [2.75, 3.05) is 40.3 Å². The van der Waals surface area contributed by atoms with Gasteiger partial charge in [-0.05, 0) is 37.5 Å². The van der Waals surface area contributed by atoms with Crippen molar-refractivity contribution >= 4 is 5.91 Å². The van der Waals surface area contributed by atoms with Crippen molar-refractivity contribution in [3.05, 3.63) is 29.8 Å². The monoisotopic (exact) mass is 430 g/mol. The molecular weight excluding hydrogens is 395 g/mol. The molecule has 1 heterocycles. The van der Waals surface area contributed by atoms with Crippen LogP contribution >= 0.6 is 0 Å². The molecule has 0 bridgehead atoms. The predicted octanol–water partition coefficient (Wildman–Crippen LogP) is 3.22. The third kappa shape index (κ3) is 6.35. The van der Waals surface area contributed by atoms with E-state index >= 15 is 0 Å². The van der Waals surface area contributed by atoms with Crippen LogP contribution < -0.4 is 10.5 Å². The van der Waals surface area contributed by atoms with E-state index in [-0.39, 0.29) is 17.6 Å². The third-order valence-corrected chi connectivity index (χ3v) is 6.55. The zero-order chi connectivity index (χ0) is 22.5. The second-order valence-corrected chi connectivity index (χ2v) is 8.68. The molecule has 0 aliphatic carbocycles. The summed E-state index contributed by atoms with van der Waals surface area (Å²) < 4.78 is 42.6. The number of amides is 1. The first-order valence-electron chi connectivity index (χ1n) is 10.6. The molecule has 1 fully saturated rings. The van der Waals surface area contributed by atoms with E-state index in [0.29, 0.717) is 6.04 Å². The van der Waals surface area contributed by atoms with Gasteiger partial charge in [-0.2, -0.15) is 13.2 Å². The summed E-state index contributed by atoms with van der Waals surface area (Å²) in [5, 5.41) is 0. The largest absolute Gasteiger partial charge is 0.484 e. The van der Waals surface area contributed by atoms with Crippen LogP contribution in [0.15, 0.2) is 24.3 Å². The number of quaternary nitrogens is 1. The lowest BCUT2D eigenvalue weighted by Gasteiger charge is -2.48. The van der Waals surface area contributed by atoms with Crippen LogP contribution in [0.3, 0.4) is 0 Å². The molecule has 0 saturated carbocycles. The SMILES string of the molecule is CC[N+]1(C(C)Cc2ccc(OCC(F)(F)F)cc2)CCC(C(N)C(=O)N(C)C)CC1. The van der Waals surface area contributed by atoms with Gasteiger partial charge in [-0.25, -0.2) is 0 Å². The quantitative estimate of drug-likeness (QED) is 0.645. The Balaban J connectivity index is 1.95. The van der Waals surface area contributed by atoms with Crippen LogP contribution in [-0.2, 0) is 11.2 Å². The number of nitrogens with zero attached hydrogens (tertiary/aromatic N) is 2. The molecule has 1 aliphatic rings. The van der Waals surface area contributed by atoms with Gasteiger partial charge in [0.2, 0.25) is 5.91 Å². The number of carbonyl (C=O) groups is 1. The number of benzene rings is 1. The lowest BCUT2D eigenvalue weighted by Crippen LogP contribution is -2.60. The van der Waals surface area contributed by atoms with Crippen LogP contribution in [0, 0.1) is 5.92 Å². The maximum absolute atomic E-state index is 12.3. The molecule has 2 N–H and O–H groups in total. The minimum absolute atomic E-state index is 0.0163. The van der Waals surface area contributed by atoms with Crippen molar-refractivity contribution in [2.24, 2.45) is 11.7 Å². The summed E-state index contributed by atoms with van der Waals surface area (Å²) in [6, 6.07) is 6.79. The van der Waals surface area contributed by atoms with Gasteiger partial charge in [0.25, 0.3) is 0 Å². The Morgan fingerprint density at radius 2 is 1.80 bits per heavy atom. The fraction of sp³-hybridized carbons (Fsp3) is 0.682. The van der Waals surface area contributed by atoms with Crippen LogP contribution in [0.4, 0.5) is 13.2 Å². The first kappa shape index (κ1) is 24.5. The molecule has 1 aromatic rings. The minimum Gasteiger partial charge on any atom is -0.484 e. The summed E-state index contributed by atoms with van der Waals surface area (Å²) in [7, 11) is 3.47. The summed E-state index contributed by atoms with van der Waals surface area (Å²) in [5.74, 6) is 0.413. The molecule has 5 nitrogen and oxygen atoms in total. The normalized spacial score (nSPS) is 24.2. The van der Waals surface area contributed by atoms with Gasteiger partial charge in [-0.15, -0.1) is 0 Å². The Hall–Kier alpha value is -1.80. The van der Waals surface area contributed by atoms with E-state index < -0.39 is 18.8 Å². The number of hydrogen-bond donors (Lipinski definition) is 1. The summed E-state index contributed by atoms with van der Waals surface area (Å²) in [6.45, 7) is 6.08. The maximum atomic E-state index is 12.3. The zero-order valence-electron chi connectivity index (χ0n) is 18.4. The van der Waals surface area contributed by atoms with Crippen molar-refractivity contribution in [3.63, 3.8) is 0 Å². The number of likely N-dealkylation sites (N-methyl/N-ethyl adjacent to an activating group) is 2. The van der Waals surface area contributed by atoms with Gasteiger partial charge in [-0.3, -0.25) is 4.79 Å². The standard InChI is InChI=1S/C22H35F3N3O2/c1-5-28(12-10-18(11-13-28)20(26)21(29)27(3)4)16(2)14-17-6-8-19(9-7-17)30-15-22(23,24)25/h6-9,16,18,20H,5,10-15,26H2,1-4H3/q+1. The highest BCUT2D eigenvalue weighted by Gasteiger charge is 2.40. The Bertz CT molecular complexity index is 684.